The second-order valence-electron chi connectivity index (χ2n) is 9.03. The predicted molar refractivity (Wildman–Crippen MR) is 121 cm³/mol. The summed E-state index contributed by atoms with van der Waals surface area (Å²) in [6.45, 7) is 4.38. The van der Waals surface area contributed by atoms with Crippen molar-refractivity contribution in [3.8, 4) is 0 Å². The number of anilines is 1. The molecule has 4 nitrogen and oxygen atoms in total. The van der Waals surface area contributed by atoms with Crippen LogP contribution in [0.4, 0.5) is 5.69 Å². The third kappa shape index (κ3) is 3.38. The summed E-state index contributed by atoms with van der Waals surface area (Å²) in [6, 6.07) is 14.8. The van der Waals surface area contributed by atoms with Crippen LogP contribution in [0, 0.1) is 5.41 Å². The third-order valence-corrected chi connectivity index (χ3v) is 6.68. The van der Waals surface area contributed by atoms with Gasteiger partial charge in [-0.3, -0.25) is 4.79 Å². The maximum atomic E-state index is 13.5. The molecule has 1 aliphatic carbocycles. The summed E-state index contributed by atoms with van der Waals surface area (Å²) in [5, 5.41) is 1.23. The molecule has 0 amide bonds. The van der Waals surface area contributed by atoms with Crippen LogP contribution in [0.25, 0.3) is 0 Å². The van der Waals surface area contributed by atoms with E-state index in [9.17, 15) is 9.59 Å². The minimum Gasteiger partial charge on any atom is -0.456 e. The van der Waals surface area contributed by atoms with Crippen LogP contribution in [0.5, 0.6) is 0 Å². The van der Waals surface area contributed by atoms with E-state index in [0.29, 0.717) is 34.0 Å². The Balaban J connectivity index is 1.78. The minimum atomic E-state index is -0.454. The van der Waals surface area contributed by atoms with Gasteiger partial charge in [-0.2, -0.15) is 0 Å². The fraction of sp³-hybridized carbons (Fsp3) is 0.280. The lowest BCUT2D eigenvalue weighted by Crippen LogP contribution is -2.40. The summed E-state index contributed by atoms with van der Waals surface area (Å²) >= 11 is 12.2. The molecule has 0 N–H and O–H groups in total. The molecule has 5 rings (SSSR count). The van der Waals surface area contributed by atoms with E-state index in [1.807, 2.05) is 41.3 Å². The largest absolute Gasteiger partial charge is 0.456 e. The number of nitrogens with zero attached hydrogens (tertiary/aromatic N) is 1. The van der Waals surface area contributed by atoms with E-state index in [1.54, 1.807) is 12.1 Å². The van der Waals surface area contributed by atoms with Gasteiger partial charge < -0.3 is 9.64 Å². The van der Waals surface area contributed by atoms with Crippen molar-refractivity contribution in [2.75, 3.05) is 11.5 Å². The summed E-state index contributed by atoms with van der Waals surface area (Å²) in [5.41, 5.74) is 4.47. The van der Waals surface area contributed by atoms with E-state index < -0.39 is 5.92 Å². The van der Waals surface area contributed by atoms with Gasteiger partial charge >= 0.3 is 5.97 Å². The maximum Gasteiger partial charge on any atom is 0.337 e. The van der Waals surface area contributed by atoms with Gasteiger partial charge in [0.05, 0.1) is 11.3 Å². The van der Waals surface area contributed by atoms with Crippen molar-refractivity contribution in [2.45, 2.75) is 32.6 Å². The van der Waals surface area contributed by atoms with Gasteiger partial charge in [-0.15, -0.1) is 0 Å². The number of allylic oxidation sites excluding steroid dienone is 2. The fourth-order valence-corrected chi connectivity index (χ4v) is 5.16. The van der Waals surface area contributed by atoms with Crippen molar-refractivity contribution in [2.24, 2.45) is 5.41 Å². The van der Waals surface area contributed by atoms with Crippen LogP contribution in [0.1, 0.15) is 38.2 Å². The Morgan fingerprint density at radius 1 is 0.871 bits per heavy atom. The normalized spacial score (nSPS) is 22.5. The number of Topliss-reactive ketones (excluding diaryl/α,β-unsaturated/α-hetero) is 1. The Morgan fingerprint density at radius 2 is 1.48 bits per heavy atom. The molecule has 0 aromatic heterocycles. The number of benzene rings is 2. The Bertz CT molecular complexity index is 1160. The standard InChI is InChI=1S/C25H21Cl2NO3/c1-25(2)11-18-22(20(29)12-25)21(14-3-5-15(26)6-4-14)23-19(13-31-24(23)30)28(18)17-9-7-16(27)8-10-17/h3-10,21H,11-13H2,1-2H3. The summed E-state index contributed by atoms with van der Waals surface area (Å²) in [5.74, 6) is -0.765. The van der Waals surface area contributed by atoms with Crippen LogP contribution in [0.2, 0.25) is 10.0 Å². The monoisotopic (exact) mass is 453 g/mol. The molecule has 1 atom stereocenters. The number of ketones is 1. The molecule has 2 aliphatic heterocycles. The summed E-state index contributed by atoms with van der Waals surface area (Å²) in [4.78, 5) is 28.5. The predicted octanol–water partition coefficient (Wildman–Crippen LogP) is 6.05. The molecule has 0 saturated heterocycles. The number of carbonyl (C=O) groups excluding carboxylic acids is 2. The molecule has 0 spiro atoms. The molecule has 0 radical (unpaired) electrons. The first-order valence-electron chi connectivity index (χ1n) is 10.2. The zero-order valence-electron chi connectivity index (χ0n) is 17.2. The molecular formula is C25H21Cl2NO3. The molecule has 2 aromatic rings. The second kappa shape index (κ2) is 7.25. The first kappa shape index (κ1) is 20.3. The number of ether oxygens (including phenoxy) is 1. The molecule has 0 fully saturated rings. The lowest BCUT2D eigenvalue weighted by molar-refractivity contribution is -0.136. The van der Waals surface area contributed by atoms with Crippen LogP contribution in [0.15, 0.2) is 71.1 Å². The summed E-state index contributed by atoms with van der Waals surface area (Å²) < 4.78 is 5.50. The van der Waals surface area contributed by atoms with Crippen molar-refractivity contribution in [3.63, 3.8) is 0 Å². The lowest BCUT2D eigenvalue weighted by atomic mass is 9.68. The minimum absolute atomic E-state index is 0.0661. The highest BCUT2D eigenvalue weighted by Gasteiger charge is 2.48. The highest BCUT2D eigenvalue weighted by Crippen LogP contribution is 2.52. The first-order valence-corrected chi connectivity index (χ1v) is 11.0. The number of cyclic esters (lactones) is 1. The maximum absolute atomic E-state index is 13.5. The number of halogens is 2. The Kier molecular flexibility index (Phi) is 4.76. The van der Waals surface area contributed by atoms with Gasteiger partial charge in [-0.1, -0.05) is 49.2 Å². The van der Waals surface area contributed by atoms with E-state index in [4.69, 9.17) is 27.9 Å². The molecule has 31 heavy (non-hydrogen) atoms. The number of hydrogen-bond donors (Lipinski definition) is 0. The van der Waals surface area contributed by atoms with E-state index in [-0.39, 0.29) is 23.8 Å². The first-order chi connectivity index (χ1) is 14.7. The number of esters is 1. The zero-order chi connectivity index (χ0) is 21.9. The number of rotatable bonds is 2. The van der Waals surface area contributed by atoms with E-state index in [0.717, 1.165) is 22.6 Å². The van der Waals surface area contributed by atoms with E-state index >= 15 is 0 Å². The van der Waals surface area contributed by atoms with Gasteiger partial charge in [0.25, 0.3) is 0 Å². The molecule has 1 unspecified atom stereocenters. The quantitative estimate of drug-likeness (QED) is 0.519. The Labute approximate surface area is 191 Å². The number of hydrogen-bond acceptors (Lipinski definition) is 4. The van der Waals surface area contributed by atoms with Gasteiger partial charge in [0.15, 0.2) is 5.78 Å². The zero-order valence-corrected chi connectivity index (χ0v) is 18.8. The van der Waals surface area contributed by atoms with Gasteiger partial charge in [0.1, 0.15) is 6.61 Å². The smallest absolute Gasteiger partial charge is 0.337 e. The molecule has 158 valence electrons. The van der Waals surface area contributed by atoms with Gasteiger partial charge in [-0.05, 0) is 53.8 Å². The highest BCUT2D eigenvalue weighted by atomic mass is 35.5. The molecule has 3 aliphatic rings. The fourth-order valence-electron chi connectivity index (χ4n) is 4.90. The van der Waals surface area contributed by atoms with Crippen LogP contribution in [0.3, 0.4) is 0 Å². The van der Waals surface area contributed by atoms with Crippen molar-refractivity contribution in [3.05, 3.63) is 86.7 Å². The Hall–Kier alpha value is -2.56. The summed E-state index contributed by atoms with van der Waals surface area (Å²) in [7, 11) is 0. The second-order valence-corrected chi connectivity index (χ2v) is 9.91. The van der Waals surface area contributed by atoms with Crippen molar-refractivity contribution >= 4 is 40.6 Å². The van der Waals surface area contributed by atoms with Crippen LogP contribution >= 0.6 is 23.2 Å². The highest BCUT2D eigenvalue weighted by molar-refractivity contribution is 6.30. The number of carbonyl (C=O) groups is 2. The average Bonchev–Trinajstić information content (AvgIpc) is 3.08. The van der Waals surface area contributed by atoms with Crippen molar-refractivity contribution < 1.29 is 14.3 Å². The van der Waals surface area contributed by atoms with Gasteiger partial charge in [0.2, 0.25) is 0 Å². The molecule has 6 heteroatoms. The van der Waals surface area contributed by atoms with Gasteiger partial charge in [-0.25, -0.2) is 4.79 Å². The van der Waals surface area contributed by atoms with Crippen molar-refractivity contribution in [1.82, 2.24) is 0 Å². The molecule has 2 aromatic carbocycles. The molecule has 0 saturated carbocycles. The molecule has 0 bridgehead atoms. The topological polar surface area (TPSA) is 46.6 Å². The van der Waals surface area contributed by atoms with E-state index in [1.165, 1.54) is 0 Å². The Morgan fingerprint density at radius 3 is 2.13 bits per heavy atom. The van der Waals surface area contributed by atoms with Crippen molar-refractivity contribution in [1.29, 1.82) is 0 Å². The molecular weight excluding hydrogens is 433 g/mol. The SMILES string of the molecule is CC1(C)CC(=O)C2=C(C1)N(c1ccc(Cl)cc1)C1=C(C(=O)OC1)C2c1ccc(Cl)cc1. The lowest BCUT2D eigenvalue weighted by Gasteiger charge is -2.43. The average molecular weight is 454 g/mol. The molecule has 2 heterocycles. The van der Waals surface area contributed by atoms with Gasteiger partial charge in [0, 0.05) is 39.3 Å². The summed E-state index contributed by atoms with van der Waals surface area (Å²) in [6.07, 6.45) is 1.15. The van der Waals surface area contributed by atoms with E-state index in [2.05, 4.69) is 13.8 Å². The third-order valence-electron chi connectivity index (χ3n) is 6.17. The van der Waals surface area contributed by atoms with Crippen LogP contribution in [-0.4, -0.2) is 18.4 Å². The van der Waals surface area contributed by atoms with Crippen LogP contribution < -0.4 is 4.90 Å². The van der Waals surface area contributed by atoms with Crippen LogP contribution in [-0.2, 0) is 14.3 Å².